The average molecular weight is 404 g/mol. The molecule has 30 heavy (non-hydrogen) atoms. The van der Waals surface area contributed by atoms with Gasteiger partial charge in [0.1, 0.15) is 5.58 Å². The maximum atomic E-state index is 13.4. The van der Waals surface area contributed by atoms with Crippen LogP contribution in [0.2, 0.25) is 0 Å². The molecule has 0 fully saturated rings. The van der Waals surface area contributed by atoms with Gasteiger partial charge in [0.25, 0.3) is 0 Å². The predicted molar refractivity (Wildman–Crippen MR) is 107 cm³/mol. The largest absolute Gasteiger partial charge is 0.460 e. The van der Waals surface area contributed by atoms with Crippen molar-refractivity contribution < 1.29 is 23.5 Å². The molecule has 1 atom stereocenters. The first kappa shape index (κ1) is 18.0. The van der Waals surface area contributed by atoms with Crippen molar-refractivity contribution in [2.45, 2.75) is 12.3 Å². The fraction of sp³-hybridized carbons (Fsp3) is 0.136. The van der Waals surface area contributed by atoms with Gasteiger partial charge in [0.2, 0.25) is 22.8 Å². The van der Waals surface area contributed by atoms with E-state index in [0.29, 0.717) is 11.3 Å². The molecule has 3 heterocycles. The van der Waals surface area contributed by atoms with Crippen LogP contribution in [-0.4, -0.2) is 18.5 Å². The quantitative estimate of drug-likeness (QED) is 0.628. The SMILES string of the molecule is CCOC(=O)C1=C(N)C2(C(=O)Nc3ccccc32)c2oc3ccccc3c(=O)c2O1. The molecule has 8 heteroatoms. The summed E-state index contributed by atoms with van der Waals surface area (Å²) in [6.07, 6.45) is 0. The molecule has 0 saturated carbocycles. The third-order valence-electron chi connectivity index (χ3n) is 5.33. The Hall–Kier alpha value is -4.07. The second-order valence-electron chi connectivity index (χ2n) is 6.90. The Morgan fingerprint density at radius 3 is 2.67 bits per heavy atom. The number of nitrogens with two attached hydrogens (primary N) is 1. The number of nitrogens with one attached hydrogen (secondary N) is 1. The summed E-state index contributed by atoms with van der Waals surface area (Å²) in [7, 11) is 0. The minimum atomic E-state index is -1.74. The third kappa shape index (κ3) is 2.13. The normalized spacial score (nSPS) is 19.3. The molecule has 1 amide bonds. The van der Waals surface area contributed by atoms with E-state index in [1.54, 1.807) is 55.5 Å². The first-order valence-corrected chi connectivity index (χ1v) is 9.32. The maximum Gasteiger partial charge on any atom is 0.376 e. The van der Waals surface area contributed by atoms with E-state index in [4.69, 9.17) is 19.6 Å². The van der Waals surface area contributed by atoms with Gasteiger partial charge in [-0.2, -0.15) is 0 Å². The van der Waals surface area contributed by atoms with Crippen molar-refractivity contribution in [2.75, 3.05) is 11.9 Å². The van der Waals surface area contributed by atoms with Gasteiger partial charge in [0.15, 0.2) is 11.2 Å². The standard InChI is InChI=1S/C22H16N2O6/c1-2-28-20(26)17-18(23)22(12-8-4-5-9-13(12)24-21(22)27)19-16(30-17)15(25)11-7-3-6-10-14(11)29-19/h3-10H,2,23H2,1H3,(H,24,27). The van der Waals surface area contributed by atoms with Gasteiger partial charge in [-0.3, -0.25) is 9.59 Å². The van der Waals surface area contributed by atoms with Crippen LogP contribution in [0.1, 0.15) is 18.2 Å². The number of benzene rings is 2. The number of ether oxygens (including phenoxy) is 2. The second kappa shape index (κ2) is 6.21. The summed E-state index contributed by atoms with van der Waals surface area (Å²) in [5, 5.41) is 3.02. The average Bonchev–Trinajstić information content (AvgIpc) is 3.04. The highest BCUT2D eigenvalue weighted by Crippen LogP contribution is 2.52. The highest BCUT2D eigenvalue weighted by molar-refractivity contribution is 6.12. The molecule has 8 nitrogen and oxygen atoms in total. The Labute approximate surface area is 169 Å². The predicted octanol–water partition coefficient (Wildman–Crippen LogP) is 2.16. The first-order valence-electron chi connectivity index (χ1n) is 9.32. The molecule has 2 aromatic carbocycles. The van der Waals surface area contributed by atoms with Gasteiger partial charge in [-0.15, -0.1) is 0 Å². The van der Waals surface area contributed by atoms with Crippen LogP contribution in [0.4, 0.5) is 5.69 Å². The molecule has 0 saturated heterocycles. The number of rotatable bonds is 2. The number of anilines is 1. The smallest absolute Gasteiger partial charge is 0.376 e. The van der Waals surface area contributed by atoms with Gasteiger partial charge >= 0.3 is 5.97 Å². The molecule has 0 bridgehead atoms. The molecular formula is C22H16N2O6. The van der Waals surface area contributed by atoms with Crippen molar-refractivity contribution in [1.29, 1.82) is 0 Å². The van der Waals surface area contributed by atoms with Crippen molar-refractivity contribution in [3.05, 3.63) is 81.5 Å². The van der Waals surface area contributed by atoms with Crippen LogP contribution in [-0.2, 0) is 19.7 Å². The highest BCUT2D eigenvalue weighted by atomic mass is 16.6. The molecule has 2 aliphatic rings. The van der Waals surface area contributed by atoms with E-state index in [9.17, 15) is 14.4 Å². The molecule has 3 aromatic rings. The van der Waals surface area contributed by atoms with Gasteiger partial charge in [0, 0.05) is 11.3 Å². The molecule has 1 unspecified atom stereocenters. The lowest BCUT2D eigenvalue weighted by molar-refractivity contribution is -0.141. The zero-order chi connectivity index (χ0) is 21.0. The summed E-state index contributed by atoms with van der Waals surface area (Å²) in [5.74, 6) is -2.16. The third-order valence-corrected chi connectivity index (χ3v) is 5.33. The monoisotopic (exact) mass is 404 g/mol. The number of carbonyl (C=O) groups excluding carboxylic acids is 2. The lowest BCUT2D eigenvalue weighted by Crippen LogP contribution is -2.46. The van der Waals surface area contributed by atoms with Gasteiger partial charge < -0.3 is 24.9 Å². The van der Waals surface area contributed by atoms with E-state index >= 15 is 0 Å². The molecule has 1 aromatic heterocycles. The van der Waals surface area contributed by atoms with Crippen molar-refractivity contribution in [2.24, 2.45) is 5.73 Å². The molecule has 2 aliphatic heterocycles. The fourth-order valence-electron chi connectivity index (χ4n) is 4.01. The molecule has 0 aliphatic carbocycles. The summed E-state index contributed by atoms with van der Waals surface area (Å²) in [5.41, 5.74) is 5.16. The second-order valence-corrected chi connectivity index (χ2v) is 6.90. The number of fused-ring (bicyclic) bond motifs is 5. The number of hydrogen-bond acceptors (Lipinski definition) is 7. The van der Waals surface area contributed by atoms with E-state index < -0.39 is 28.5 Å². The Morgan fingerprint density at radius 1 is 1.13 bits per heavy atom. The highest BCUT2D eigenvalue weighted by Gasteiger charge is 2.59. The van der Waals surface area contributed by atoms with E-state index in [0.717, 1.165) is 0 Å². The van der Waals surface area contributed by atoms with E-state index in [1.165, 1.54) is 0 Å². The number of hydrogen-bond donors (Lipinski definition) is 2. The number of amides is 1. The van der Waals surface area contributed by atoms with E-state index in [-0.39, 0.29) is 34.8 Å². The number of para-hydroxylation sites is 2. The topological polar surface area (TPSA) is 121 Å². The van der Waals surface area contributed by atoms with Crippen LogP contribution >= 0.6 is 0 Å². The van der Waals surface area contributed by atoms with Crippen molar-refractivity contribution in [1.82, 2.24) is 0 Å². The van der Waals surface area contributed by atoms with Gasteiger partial charge in [-0.25, -0.2) is 4.79 Å². The van der Waals surface area contributed by atoms with Crippen LogP contribution in [0.5, 0.6) is 5.75 Å². The summed E-state index contributed by atoms with van der Waals surface area (Å²) >= 11 is 0. The summed E-state index contributed by atoms with van der Waals surface area (Å²) in [4.78, 5) is 39.2. The van der Waals surface area contributed by atoms with Crippen LogP contribution in [0.15, 0.2) is 69.2 Å². The summed E-state index contributed by atoms with van der Waals surface area (Å²) in [6, 6.07) is 13.4. The maximum absolute atomic E-state index is 13.4. The van der Waals surface area contributed by atoms with E-state index in [2.05, 4.69) is 5.32 Å². The van der Waals surface area contributed by atoms with Crippen LogP contribution in [0.25, 0.3) is 11.0 Å². The minimum absolute atomic E-state index is 0.0634. The fourth-order valence-corrected chi connectivity index (χ4v) is 4.01. The lowest BCUT2D eigenvalue weighted by atomic mass is 9.74. The minimum Gasteiger partial charge on any atom is -0.460 e. The Balaban J connectivity index is 1.93. The Bertz CT molecular complexity index is 1340. The van der Waals surface area contributed by atoms with Crippen LogP contribution < -0.4 is 21.2 Å². The molecule has 1 spiro atoms. The van der Waals surface area contributed by atoms with Crippen molar-refractivity contribution in [3.63, 3.8) is 0 Å². The Kier molecular flexibility index (Phi) is 3.73. The van der Waals surface area contributed by atoms with Gasteiger partial charge in [-0.1, -0.05) is 30.3 Å². The molecule has 150 valence electrons. The summed E-state index contributed by atoms with van der Waals surface area (Å²) < 4.78 is 16.7. The van der Waals surface area contributed by atoms with Crippen molar-refractivity contribution >= 4 is 28.5 Å². The Morgan fingerprint density at radius 2 is 1.87 bits per heavy atom. The van der Waals surface area contributed by atoms with Gasteiger partial charge in [0.05, 0.1) is 17.7 Å². The van der Waals surface area contributed by atoms with Crippen LogP contribution in [0, 0.1) is 0 Å². The lowest BCUT2D eigenvalue weighted by Gasteiger charge is -2.33. The molecular weight excluding hydrogens is 388 g/mol. The van der Waals surface area contributed by atoms with Crippen LogP contribution in [0.3, 0.4) is 0 Å². The van der Waals surface area contributed by atoms with E-state index in [1.807, 2.05) is 0 Å². The first-order chi connectivity index (χ1) is 14.5. The number of esters is 1. The van der Waals surface area contributed by atoms with Gasteiger partial charge in [-0.05, 0) is 25.1 Å². The number of carbonyl (C=O) groups is 2. The molecule has 5 rings (SSSR count). The summed E-state index contributed by atoms with van der Waals surface area (Å²) in [6.45, 7) is 1.69. The molecule has 3 N–H and O–H groups in total. The molecule has 0 radical (unpaired) electrons. The zero-order valence-electron chi connectivity index (χ0n) is 15.9. The van der Waals surface area contributed by atoms with Crippen molar-refractivity contribution in [3.8, 4) is 5.75 Å². The zero-order valence-corrected chi connectivity index (χ0v) is 15.9.